The van der Waals surface area contributed by atoms with Gasteiger partial charge in [0.1, 0.15) is 17.9 Å². The molecule has 1 N–H and O–H groups in total. The van der Waals surface area contributed by atoms with Crippen LogP contribution in [0.2, 0.25) is 0 Å². The lowest BCUT2D eigenvalue weighted by atomic mass is 10.1. The standard InChI is InChI=1S/C25H27N3O3/c1-17-21(15-22(27(17)3)18-10-6-4-7-11-18)25(30)28-16-20(14-23(28)24(29)26-2)31-19-12-8-5-9-13-19/h4-13,15,20,23H,14,16H2,1-3H3,(H,26,29)/t20-,23-/m0/s1. The van der Waals surface area contributed by atoms with Gasteiger partial charge in [0, 0.05) is 31.9 Å². The van der Waals surface area contributed by atoms with E-state index in [9.17, 15) is 9.59 Å². The van der Waals surface area contributed by atoms with Gasteiger partial charge in [-0.05, 0) is 30.7 Å². The van der Waals surface area contributed by atoms with Crippen molar-refractivity contribution in [3.8, 4) is 17.0 Å². The summed E-state index contributed by atoms with van der Waals surface area (Å²) in [6.07, 6.45) is 0.212. The lowest BCUT2D eigenvalue weighted by Gasteiger charge is -2.23. The molecule has 4 rings (SSSR count). The Morgan fingerprint density at radius 1 is 1.03 bits per heavy atom. The second-order valence-electron chi connectivity index (χ2n) is 7.83. The first-order chi connectivity index (χ1) is 15.0. The van der Waals surface area contributed by atoms with Crippen LogP contribution in [-0.4, -0.2) is 47.0 Å². The normalized spacial score (nSPS) is 18.1. The Morgan fingerprint density at radius 2 is 1.68 bits per heavy atom. The fourth-order valence-corrected chi connectivity index (χ4v) is 4.17. The lowest BCUT2D eigenvalue weighted by molar-refractivity contribution is -0.124. The van der Waals surface area contributed by atoms with Crippen molar-refractivity contribution in [3.63, 3.8) is 0 Å². The number of amides is 2. The molecule has 1 saturated heterocycles. The molecule has 0 radical (unpaired) electrons. The Balaban J connectivity index is 1.62. The van der Waals surface area contributed by atoms with E-state index in [1.54, 1.807) is 11.9 Å². The van der Waals surface area contributed by atoms with E-state index in [1.807, 2.05) is 85.3 Å². The number of rotatable bonds is 5. The van der Waals surface area contributed by atoms with Crippen molar-refractivity contribution in [2.75, 3.05) is 13.6 Å². The molecule has 2 heterocycles. The maximum Gasteiger partial charge on any atom is 0.256 e. The largest absolute Gasteiger partial charge is 0.488 e. The SMILES string of the molecule is CNC(=O)[C@@H]1C[C@H](Oc2ccccc2)CN1C(=O)c1cc(-c2ccccc2)n(C)c1C. The van der Waals surface area contributed by atoms with Gasteiger partial charge in [0.2, 0.25) is 5.91 Å². The number of hydrogen-bond acceptors (Lipinski definition) is 3. The first-order valence-corrected chi connectivity index (χ1v) is 10.5. The van der Waals surface area contributed by atoms with Crippen LogP contribution in [0.15, 0.2) is 66.7 Å². The zero-order valence-electron chi connectivity index (χ0n) is 18.0. The van der Waals surface area contributed by atoms with Crippen LogP contribution in [0.25, 0.3) is 11.3 Å². The van der Waals surface area contributed by atoms with Gasteiger partial charge in [-0.2, -0.15) is 0 Å². The molecule has 6 heteroatoms. The Labute approximate surface area is 182 Å². The Morgan fingerprint density at radius 3 is 2.32 bits per heavy atom. The van der Waals surface area contributed by atoms with Gasteiger partial charge in [-0.3, -0.25) is 9.59 Å². The lowest BCUT2D eigenvalue weighted by Crippen LogP contribution is -2.45. The second-order valence-corrected chi connectivity index (χ2v) is 7.83. The smallest absolute Gasteiger partial charge is 0.256 e. The summed E-state index contributed by atoms with van der Waals surface area (Å²) in [5, 5.41) is 2.69. The molecule has 2 atom stereocenters. The number of likely N-dealkylation sites (tertiary alicyclic amines) is 1. The van der Waals surface area contributed by atoms with Gasteiger partial charge in [-0.25, -0.2) is 0 Å². The van der Waals surface area contributed by atoms with Gasteiger partial charge in [-0.1, -0.05) is 48.5 Å². The fourth-order valence-electron chi connectivity index (χ4n) is 4.17. The number of para-hydroxylation sites is 1. The monoisotopic (exact) mass is 417 g/mol. The average Bonchev–Trinajstić information content (AvgIpc) is 3.35. The zero-order chi connectivity index (χ0) is 22.0. The highest BCUT2D eigenvalue weighted by molar-refractivity contribution is 6.00. The van der Waals surface area contributed by atoms with Crippen molar-refractivity contribution in [1.82, 2.24) is 14.8 Å². The molecule has 31 heavy (non-hydrogen) atoms. The number of carbonyl (C=O) groups is 2. The van der Waals surface area contributed by atoms with Crippen molar-refractivity contribution in [3.05, 3.63) is 78.0 Å². The third kappa shape index (κ3) is 4.06. The van der Waals surface area contributed by atoms with Crippen LogP contribution in [0.1, 0.15) is 22.5 Å². The minimum atomic E-state index is -0.564. The second kappa shape index (κ2) is 8.68. The number of likely N-dealkylation sites (N-methyl/N-ethyl adjacent to an activating group) is 1. The van der Waals surface area contributed by atoms with Crippen LogP contribution in [0.3, 0.4) is 0 Å². The molecule has 1 aliphatic rings. The summed E-state index contributed by atoms with van der Waals surface area (Å²) in [5.41, 5.74) is 3.48. The third-order valence-corrected chi connectivity index (χ3v) is 5.95. The Bertz CT molecular complexity index is 1080. The van der Waals surface area contributed by atoms with Gasteiger partial charge in [0.05, 0.1) is 12.1 Å². The van der Waals surface area contributed by atoms with Gasteiger partial charge in [0.15, 0.2) is 0 Å². The summed E-state index contributed by atoms with van der Waals surface area (Å²) in [6.45, 7) is 2.30. The first-order valence-electron chi connectivity index (χ1n) is 10.5. The van der Waals surface area contributed by atoms with E-state index in [1.165, 1.54) is 0 Å². The average molecular weight is 418 g/mol. The van der Waals surface area contributed by atoms with Crippen molar-refractivity contribution < 1.29 is 14.3 Å². The summed E-state index contributed by atoms with van der Waals surface area (Å²) in [7, 11) is 3.55. The number of nitrogens with zero attached hydrogens (tertiary/aromatic N) is 2. The molecule has 2 aromatic carbocycles. The summed E-state index contributed by atoms with van der Waals surface area (Å²) in [4.78, 5) is 27.8. The van der Waals surface area contributed by atoms with Crippen LogP contribution in [0.5, 0.6) is 5.75 Å². The van der Waals surface area contributed by atoms with E-state index in [0.717, 1.165) is 22.7 Å². The van der Waals surface area contributed by atoms with Crippen LogP contribution in [-0.2, 0) is 11.8 Å². The van der Waals surface area contributed by atoms with Crippen LogP contribution < -0.4 is 10.1 Å². The topological polar surface area (TPSA) is 63.6 Å². The number of hydrogen-bond donors (Lipinski definition) is 1. The fraction of sp³-hybridized carbons (Fsp3) is 0.280. The molecule has 0 bridgehead atoms. The molecule has 3 aromatic rings. The quantitative estimate of drug-likeness (QED) is 0.692. The van der Waals surface area contributed by atoms with Gasteiger partial charge in [-0.15, -0.1) is 0 Å². The number of aromatic nitrogens is 1. The number of nitrogens with one attached hydrogen (secondary N) is 1. The van der Waals surface area contributed by atoms with Crippen molar-refractivity contribution in [2.24, 2.45) is 7.05 Å². The molecule has 0 saturated carbocycles. The predicted molar refractivity (Wildman–Crippen MR) is 120 cm³/mol. The van der Waals surface area contributed by atoms with Gasteiger partial charge in [0.25, 0.3) is 5.91 Å². The Hall–Kier alpha value is -3.54. The van der Waals surface area contributed by atoms with Crippen LogP contribution in [0.4, 0.5) is 0 Å². The number of carbonyl (C=O) groups excluding carboxylic acids is 2. The van der Waals surface area contributed by atoms with E-state index in [4.69, 9.17) is 4.74 Å². The maximum absolute atomic E-state index is 13.6. The van der Waals surface area contributed by atoms with E-state index >= 15 is 0 Å². The molecule has 6 nitrogen and oxygen atoms in total. The van der Waals surface area contributed by atoms with Crippen molar-refractivity contribution in [2.45, 2.75) is 25.5 Å². The molecule has 0 unspecified atom stereocenters. The number of ether oxygens (including phenoxy) is 1. The summed E-state index contributed by atoms with van der Waals surface area (Å²) in [6, 6.07) is 20.8. The van der Waals surface area contributed by atoms with E-state index in [-0.39, 0.29) is 17.9 Å². The molecule has 2 amide bonds. The number of benzene rings is 2. The summed E-state index contributed by atoms with van der Waals surface area (Å²) in [5.74, 6) is 0.409. The van der Waals surface area contributed by atoms with Gasteiger partial charge >= 0.3 is 0 Å². The molecule has 0 spiro atoms. The molecule has 1 fully saturated rings. The zero-order valence-corrected chi connectivity index (χ0v) is 18.0. The first kappa shape index (κ1) is 20.7. The predicted octanol–water partition coefficient (Wildman–Crippen LogP) is 3.41. The summed E-state index contributed by atoms with van der Waals surface area (Å²) < 4.78 is 8.09. The summed E-state index contributed by atoms with van der Waals surface area (Å²) >= 11 is 0. The van der Waals surface area contributed by atoms with E-state index in [2.05, 4.69) is 5.32 Å². The maximum atomic E-state index is 13.6. The van der Waals surface area contributed by atoms with Crippen LogP contribution >= 0.6 is 0 Å². The van der Waals surface area contributed by atoms with E-state index in [0.29, 0.717) is 18.5 Å². The molecule has 1 aliphatic heterocycles. The molecule has 160 valence electrons. The highest BCUT2D eigenvalue weighted by Crippen LogP contribution is 2.29. The third-order valence-electron chi connectivity index (χ3n) is 5.95. The van der Waals surface area contributed by atoms with Crippen LogP contribution in [0, 0.1) is 6.92 Å². The molecular weight excluding hydrogens is 390 g/mol. The van der Waals surface area contributed by atoms with Gasteiger partial charge < -0.3 is 19.5 Å². The van der Waals surface area contributed by atoms with Crippen molar-refractivity contribution in [1.29, 1.82) is 0 Å². The highest BCUT2D eigenvalue weighted by atomic mass is 16.5. The highest BCUT2D eigenvalue weighted by Gasteiger charge is 2.41. The van der Waals surface area contributed by atoms with Crippen molar-refractivity contribution >= 4 is 11.8 Å². The molecule has 0 aliphatic carbocycles. The van der Waals surface area contributed by atoms with E-state index < -0.39 is 6.04 Å². The Kier molecular flexibility index (Phi) is 5.80. The minimum absolute atomic E-state index is 0.150. The molecule has 1 aromatic heterocycles. The minimum Gasteiger partial charge on any atom is -0.488 e. The molecular formula is C25H27N3O3.